The molecule has 1 N–H and O–H groups in total. The first-order valence-corrected chi connectivity index (χ1v) is 6.84. The van der Waals surface area contributed by atoms with Crippen molar-refractivity contribution in [1.82, 2.24) is 0 Å². The number of hydrogen-bond acceptors (Lipinski definition) is 4. The number of methoxy groups -OCH3 is 1. The lowest BCUT2D eigenvalue weighted by Gasteiger charge is -2.25. The number of ether oxygens (including phenoxy) is 2. The van der Waals surface area contributed by atoms with Gasteiger partial charge in [-0.15, -0.1) is 0 Å². The molecule has 0 saturated heterocycles. The van der Waals surface area contributed by atoms with Crippen molar-refractivity contribution in [3.05, 3.63) is 41.5 Å². The van der Waals surface area contributed by atoms with Crippen molar-refractivity contribution in [3.63, 3.8) is 0 Å². The maximum atomic E-state index is 11.2. The molecule has 1 unspecified atom stereocenters. The van der Waals surface area contributed by atoms with Gasteiger partial charge in [-0.25, -0.2) is 9.59 Å². The number of carbonyl (C=O) groups is 2. The van der Waals surface area contributed by atoms with Gasteiger partial charge in [0.25, 0.3) is 0 Å². The summed E-state index contributed by atoms with van der Waals surface area (Å²) in [7, 11) is 1.32. The minimum Gasteiger partial charge on any atom is -0.482 e. The van der Waals surface area contributed by atoms with Crippen LogP contribution in [0.15, 0.2) is 30.4 Å². The summed E-state index contributed by atoms with van der Waals surface area (Å²) in [6, 6.07) is 5.67. The first kappa shape index (κ1) is 15.1. The summed E-state index contributed by atoms with van der Waals surface area (Å²) >= 11 is 0. The highest BCUT2D eigenvalue weighted by Gasteiger charge is 2.21. The average molecular weight is 290 g/mol. The van der Waals surface area contributed by atoms with Gasteiger partial charge in [0.15, 0.2) is 6.61 Å². The van der Waals surface area contributed by atoms with Crippen molar-refractivity contribution in [2.45, 2.75) is 25.2 Å². The molecule has 0 aromatic heterocycles. The number of hydrogen-bond donors (Lipinski definition) is 1. The Morgan fingerprint density at radius 1 is 1.43 bits per heavy atom. The quantitative estimate of drug-likeness (QED) is 0.665. The number of fused-ring (bicyclic) bond motifs is 1. The number of carboxylic acid groups (broad SMARTS) is 1. The maximum Gasteiger partial charge on any atom is 0.343 e. The molecule has 0 spiro atoms. The van der Waals surface area contributed by atoms with Crippen LogP contribution >= 0.6 is 0 Å². The number of carbonyl (C=O) groups excluding carboxylic acids is 1. The third-order valence-electron chi connectivity index (χ3n) is 3.55. The predicted molar refractivity (Wildman–Crippen MR) is 76.4 cm³/mol. The zero-order chi connectivity index (χ0) is 15.2. The molecule has 0 aliphatic heterocycles. The summed E-state index contributed by atoms with van der Waals surface area (Å²) in [5.41, 5.74) is 2.12. The second kappa shape index (κ2) is 6.92. The van der Waals surface area contributed by atoms with Crippen LogP contribution in [0.2, 0.25) is 0 Å². The lowest BCUT2D eigenvalue weighted by Crippen LogP contribution is -2.15. The molecule has 0 heterocycles. The van der Waals surface area contributed by atoms with Crippen LogP contribution in [0.4, 0.5) is 0 Å². The summed E-state index contributed by atoms with van der Waals surface area (Å²) in [4.78, 5) is 21.8. The molecular formula is C16H18O5. The molecule has 0 fully saturated rings. The molecular weight excluding hydrogens is 272 g/mol. The molecule has 5 heteroatoms. The van der Waals surface area contributed by atoms with Crippen LogP contribution in [-0.2, 0) is 20.7 Å². The second-order valence-electron chi connectivity index (χ2n) is 4.88. The summed E-state index contributed by atoms with van der Waals surface area (Å²) < 4.78 is 10.1. The van der Waals surface area contributed by atoms with E-state index in [4.69, 9.17) is 9.84 Å². The molecule has 0 amide bonds. The molecule has 1 aliphatic carbocycles. The normalized spacial score (nSPS) is 17.3. The highest BCUT2D eigenvalue weighted by molar-refractivity contribution is 5.80. The van der Waals surface area contributed by atoms with Crippen LogP contribution in [-0.4, -0.2) is 30.8 Å². The Balaban J connectivity index is 2.21. The molecule has 1 aromatic rings. The van der Waals surface area contributed by atoms with E-state index in [-0.39, 0.29) is 12.5 Å². The fourth-order valence-electron chi connectivity index (χ4n) is 2.58. The number of benzene rings is 1. The van der Waals surface area contributed by atoms with E-state index >= 15 is 0 Å². The van der Waals surface area contributed by atoms with E-state index in [1.807, 2.05) is 18.2 Å². The largest absolute Gasteiger partial charge is 0.482 e. The Bertz CT molecular complexity index is 562. The minimum absolute atomic E-state index is 0.0755. The zero-order valence-electron chi connectivity index (χ0n) is 11.9. The third-order valence-corrected chi connectivity index (χ3v) is 3.55. The van der Waals surface area contributed by atoms with Crippen LogP contribution in [0.5, 0.6) is 5.75 Å². The van der Waals surface area contributed by atoms with Crippen LogP contribution < -0.4 is 4.74 Å². The van der Waals surface area contributed by atoms with E-state index in [0.717, 1.165) is 30.4 Å². The smallest absolute Gasteiger partial charge is 0.343 e. The summed E-state index contributed by atoms with van der Waals surface area (Å²) in [5.74, 6) is -0.621. The number of rotatable bonds is 5. The third kappa shape index (κ3) is 3.84. The second-order valence-corrected chi connectivity index (χ2v) is 4.88. The molecule has 1 atom stereocenters. The van der Waals surface area contributed by atoms with E-state index < -0.39 is 11.9 Å². The van der Waals surface area contributed by atoms with Crippen molar-refractivity contribution < 1.29 is 24.2 Å². The minimum atomic E-state index is -0.944. The number of carboxylic acids is 1. The van der Waals surface area contributed by atoms with Gasteiger partial charge in [-0.3, -0.25) is 0 Å². The van der Waals surface area contributed by atoms with E-state index in [1.165, 1.54) is 13.2 Å². The maximum absolute atomic E-state index is 11.2. The van der Waals surface area contributed by atoms with Gasteiger partial charge in [0.05, 0.1) is 7.11 Å². The molecule has 112 valence electrons. The molecule has 2 rings (SSSR count). The molecule has 5 nitrogen and oxygen atoms in total. The Kier molecular flexibility index (Phi) is 4.98. The van der Waals surface area contributed by atoms with Crippen molar-refractivity contribution >= 4 is 11.9 Å². The SMILES string of the molecule is COC(=O)COc1cccc2c1CCCC2/C=C/C(=O)O. The van der Waals surface area contributed by atoms with E-state index in [1.54, 1.807) is 6.08 Å². The van der Waals surface area contributed by atoms with Gasteiger partial charge in [-0.2, -0.15) is 0 Å². The average Bonchev–Trinajstić information content (AvgIpc) is 2.50. The van der Waals surface area contributed by atoms with Crippen molar-refractivity contribution in [1.29, 1.82) is 0 Å². The zero-order valence-corrected chi connectivity index (χ0v) is 11.9. The first-order valence-electron chi connectivity index (χ1n) is 6.84. The first-order chi connectivity index (χ1) is 10.1. The highest BCUT2D eigenvalue weighted by Crippen LogP contribution is 2.37. The summed E-state index contributed by atoms with van der Waals surface area (Å²) in [5, 5.41) is 8.76. The fraction of sp³-hybridized carbons (Fsp3) is 0.375. The van der Waals surface area contributed by atoms with E-state index in [9.17, 15) is 9.59 Å². The Morgan fingerprint density at radius 3 is 2.95 bits per heavy atom. The van der Waals surface area contributed by atoms with E-state index in [0.29, 0.717) is 5.75 Å². The molecule has 0 saturated carbocycles. The van der Waals surface area contributed by atoms with Gasteiger partial charge in [0.1, 0.15) is 5.75 Å². The van der Waals surface area contributed by atoms with Gasteiger partial charge in [0, 0.05) is 12.0 Å². The van der Waals surface area contributed by atoms with Crippen molar-refractivity contribution in [2.75, 3.05) is 13.7 Å². The summed E-state index contributed by atoms with van der Waals surface area (Å²) in [6.07, 6.45) is 5.63. The van der Waals surface area contributed by atoms with Crippen LogP contribution in [0, 0.1) is 0 Å². The van der Waals surface area contributed by atoms with Gasteiger partial charge in [-0.05, 0) is 36.5 Å². The van der Waals surface area contributed by atoms with Crippen molar-refractivity contribution in [2.24, 2.45) is 0 Å². The topological polar surface area (TPSA) is 72.8 Å². The monoisotopic (exact) mass is 290 g/mol. The van der Waals surface area contributed by atoms with Gasteiger partial charge in [-0.1, -0.05) is 18.2 Å². The molecule has 1 aliphatic rings. The Morgan fingerprint density at radius 2 is 2.24 bits per heavy atom. The van der Waals surface area contributed by atoms with E-state index in [2.05, 4.69) is 4.74 Å². The lowest BCUT2D eigenvalue weighted by molar-refractivity contribution is -0.143. The number of allylic oxidation sites excluding steroid dienone is 1. The van der Waals surface area contributed by atoms with Crippen molar-refractivity contribution in [3.8, 4) is 5.75 Å². The molecule has 0 radical (unpaired) electrons. The molecule has 1 aromatic carbocycles. The van der Waals surface area contributed by atoms with Crippen LogP contribution in [0.25, 0.3) is 0 Å². The standard InChI is InChI=1S/C16H18O5/c1-20-16(19)10-21-14-7-3-5-12-11(8-9-15(17)18)4-2-6-13(12)14/h3,5,7-9,11H,2,4,6,10H2,1H3,(H,17,18)/b9-8+. The van der Waals surface area contributed by atoms with Crippen LogP contribution in [0.1, 0.15) is 29.9 Å². The fourth-order valence-corrected chi connectivity index (χ4v) is 2.58. The highest BCUT2D eigenvalue weighted by atomic mass is 16.6. The number of aliphatic carboxylic acids is 1. The predicted octanol–water partition coefficient (Wildman–Crippen LogP) is 2.30. The van der Waals surface area contributed by atoms with Gasteiger partial charge in [0.2, 0.25) is 0 Å². The summed E-state index contributed by atoms with van der Waals surface area (Å²) in [6.45, 7) is -0.122. The Labute approximate surface area is 123 Å². The number of esters is 1. The van der Waals surface area contributed by atoms with Gasteiger partial charge < -0.3 is 14.6 Å². The Hall–Kier alpha value is -2.30. The lowest BCUT2D eigenvalue weighted by atomic mass is 9.82. The van der Waals surface area contributed by atoms with Crippen LogP contribution in [0.3, 0.4) is 0 Å². The molecule has 21 heavy (non-hydrogen) atoms. The molecule has 0 bridgehead atoms. The van der Waals surface area contributed by atoms with Gasteiger partial charge >= 0.3 is 11.9 Å².